The number of hydrogen-bond donors (Lipinski definition) is 1. The Kier molecular flexibility index (Phi) is 2.58. The second-order valence-electron chi connectivity index (χ2n) is 2.61. The van der Waals surface area contributed by atoms with Gasteiger partial charge >= 0.3 is 0 Å². The van der Waals surface area contributed by atoms with E-state index < -0.39 is 0 Å². The summed E-state index contributed by atoms with van der Waals surface area (Å²) in [5.41, 5.74) is 2.03. The summed E-state index contributed by atoms with van der Waals surface area (Å²) in [4.78, 5) is 1.16. The number of rotatable bonds is 1. The molecule has 13 heavy (non-hydrogen) atoms. The lowest BCUT2D eigenvalue weighted by Gasteiger charge is -1.90. The van der Waals surface area contributed by atoms with Crippen molar-refractivity contribution in [3.63, 3.8) is 0 Å². The Hall–Kier alpha value is -0.130. The van der Waals surface area contributed by atoms with Gasteiger partial charge in [0.05, 0.1) is 13.1 Å². The van der Waals surface area contributed by atoms with Gasteiger partial charge in [0.25, 0.3) is 0 Å². The first-order valence-electron chi connectivity index (χ1n) is 3.64. The van der Waals surface area contributed by atoms with Crippen LogP contribution in [0.1, 0.15) is 5.69 Å². The van der Waals surface area contributed by atoms with Crippen molar-refractivity contribution in [3.05, 3.63) is 26.1 Å². The Morgan fingerprint density at radius 3 is 2.62 bits per heavy atom. The monoisotopic (exact) mass is 320 g/mol. The first-order valence-corrected chi connectivity index (χ1v) is 6.05. The SMILES string of the molecule is Cc1[nH]nc(-c2ccc(Br)s2)c1Br. The molecule has 0 saturated carbocycles. The standard InChI is InChI=1S/C8H6Br2N2S/c1-4-7(10)8(12-11-4)5-2-3-6(9)13-5/h2-3H,1H3,(H,11,12). The number of nitrogens with one attached hydrogen (secondary N) is 1. The molecule has 0 aliphatic heterocycles. The smallest absolute Gasteiger partial charge is 0.117 e. The number of aromatic amines is 1. The molecule has 0 amide bonds. The van der Waals surface area contributed by atoms with Crippen molar-refractivity contribution in [3.8, 4) is 10.6 Å². The third-order valence-electron chi connectivity index (χ3n) is 1.68. The van der Waals surface area contributed by atoms with E-state index in [9.17, 15) is 0 Å². The van der Waals surface area contributed by atoms with Crippen LogP contribution >= 0.6 is 43.2 Å². The summed E-state index contributed by atoms with van der Waals surface area (Å²) in [6, 6.07) is 4.07. The number of thiophene rings is 1. The summed E-state index contributed by atoms with van der Waals surface area (Å²) in [6.45, 7) is 1.99. The molecule has 0 bridgehead atoms. The average Bonchev–Trinajstić information content (AvgIpc) is 2.62. The number of hydrogen-bond acceptors (Lipinski definition) is 2. The fraction of sp³-hybridized carbons (Fsp3) is 0.125. The predicted molar refractivity (Wildman–Crippen MR) is 62.0 cm³/mol. The summed E-state index contributed by atoms with van der Waals surface area (Å²) in [5.74, 6) is 0. The molecule has 0 aliphatic carbocycles. The normalized spacial score (nSPS) is 10.7. The quantitative estimate of drug-likeness (QED) is 0.845. The van der Waals surface area contributed by atoms with E-state index in [1.54, 1.807) is 11.3 Å². The van der Waals surface area contributed by atoms with Crippen LogP contribution in [0.15, 0.2) is 20.4 Å². The summed E-state index contributed by atoms with van der Waals surface area (Å²) in [6.07, 6.45) is 0. The van der Waals surface area contributed by atoms with Crippen molar-refractivity contribution in [1.29, 1.82) is 0 Å². The maximum absolute atomic E-state index is 4.22. The first-order chi connectivity index (χ1) is 6.18. The molecular formula is C8H6Br2N2S. The number of halogens is 2. The molecule has 2 nitrogen and oxygen atoms in total. The fourth-order valence-corrected chi connectivity index (χ4v) is 2.92. The summed E-state index contributed by atoms with van der Waals surface area (Å²) in [5, 5.41) is 7.16. The molecule has 2 aromatic heterocycles. The van der Waals surface area contributed by atoms with Crippen molar-refractivity contribution >= 4 is 43.2 Å². The number of nitrogens with zero attached hydrogens (tertiary/aromatic N) is 1. The maximum atomic E-state index is 4.22. The van der Waals surface area contributed by atoms with Gasteiger partial charge in [-0.25, -0.2) is 0 Å². The fourth-order valence-electron chi connectivity index (χ4n) is 1.02. The molecule has 0 aromatic carbocycles. The van der Waals surface area contributed by atoms with Crippen molar-refractivity contribution in [2.45, 2.75) is 6.92 Å². The van der Waals surface area contributed by atoms with Crippen LogP contribution in [-0.2, 0) is 0 Å². The molecule has 0 atom stereocenters. The summed E-state index contributed by atoms with van der Waals surface area (Å²) < 4.78 is 2.16. The van der Waals surface area contributed by atoms with Crippen LogP contribution in [0, 0.1) is 6.92 Å². The van der Waals surface area contributed by atoms with Gasteiger partial charge in [0.2, 0.25) is 0 Å². The summed E-state index contributed by atoms with van der Waals surface area (Å²) >= 11 is 8.59. The Morgan fingerprint density at radius 1 is 1.38 bits per heavy atom. The molecule has 2 rings (SSSR count). The first kappa shape index (κ1) is 9.43. The minimum Gasteiger partial charge on any atom is -0.281 e. The number of aromatic nitrogens is 2. The van der Waals surface area contributed by atoms with Gasteiger partial charge < -0.3 is 0 Å². The van der Waals surface area contributed by atoms with Crippen molar-refractivity contribution < 1.29 is 0 Å². The average molecular weight is 322 g/mol. The van der Waals surface area contributed by atoms with E-state index in [2.05, 4.69) is 48.1 Å². The van der Waals surface area contributed by atoms with Crippen LogP contribution in [0.3, 0.4) is 0 Å². The Morgan fingerprint density at radius 2 is 2.15 bits per heavy atom. The van der Waals surface area contributed by atoms with E-state index in [0.29, 0.717) is 0 Å². The van der Waals surface area contributed by atoms with Gasteiger partial charge in [-0.1, -0.05) is 0 Å². The highest BCUT2D eigenvalue weighted by Crippen LogP contribution is 2.35. The zero-order valence-electron chi connectivity index (χ0n) is 6.77. The third-order valence-corrected chi connectivity index (χ3v) is 4.28. The van der Waals surface area contributed by atoms with Crippen molar-refractivity contribution in [2.75, 3.05) is 0 Å². The Bertz CT molecular complexity index is 433. The Balaban J connectivity index is 2.52. The third kappa shape index (κ3) is 1.73. The van der Waals surface area contributed by atoms with Gasteiger partial charge in [0.1, 0.15) is 5.69 Å². The van der Waals surface area contributed by atoms with Gasteiger partial charge in [0, 0.05) is 5.69 Å². The van der Waals surface area contributed by atoms with E-state index in [0.717, 1.165) is 24.5 Å². The van der Waals surface area contributed by atoms with Gasteiger partial charge in [-0.15, -0.1) is 11.3 Å². The minimum atomic E-state index is 0.980. The van der Waals surface area contributed by atoms with Crippen LogP contribution in [0.5, 0.6) is 0 Å². The second kappa shape index (κ2) is 3.55. The largest absolute Gasteiger partial charge is 0.281 e. The highest BCUT2D eigenvalue weighted by molar-refractivity contribution is 9.11. The molecule has 2 aromatic rings. The second-order valence-corrected chi connectivity index (χ2v) is 5.87. The Labute approximate surface area is 96.6 Å². The van der Waals surface area contributed by atoms with Gasteiger partial charge in [-0.05, 0) is 50.9 Å². The molecule has 68 valence electrons. The molecule has 0 radical (unpaired) electrons. The van der Waals surface area contributed by atoms with Gasteiger partial charge in [-0.2, -0.15) is 5.10 Å². The van der Waals surface area contributed by atoms with Crippen LogP contribution in [0.25, 0.3) is 10.6 Å². The highest BCUT2D eigenvalue weighted by atomic mass is 79.9. The van der Waals surface area contributed by atoms with Crippen LogP contribution < -0.4 is 0 Å². The lowest BCUT2D eigenvalue weighted by molar-refractivity contribution is 1.05. The lowest BCUT2D eigenvalue weighted by atomic mass is 10.3. The molecule has 0 unspecified atom stereocenters. The number of aryl methyl sites for hydroxylation is 1. The highest BCUT2D eigenvalue weighted by Gasteiger charge is 2.10. The molecule has 0 saturated heterocycles. The van der Waals surface area contributed by atoms with Crippen molar-refractivity contribution in [2.24, 2.45) is 0 Å². The predicted octanol–water partition coefficient (Wildman–Crippen LogP) is 3.97. The van der Waals surface area contributed by atoms with Crippen LogP contribution in [0.4, 0.5) is 0 Å². The molecule has 2 heterocycles. The zero-order valence-corrected chi connectivity index (χ0v) is 10.8. The van der Waals surface area contributed by atoms with Crippen molar-refractivity contribution in [1.82, 2.24) is 10.2 Å². The van der Waals surface area contributed by atoms with Gasteiger partial charge in [-0.3, -0.25) is 5.10 Å². The molecule has 0 aliphatic rings. The summed E-state index contributed by atoms with van der Waals surface area (Å²) in [7, 11) is 0. The molecule has 5 heteroatoms. The molecule has 1 N–H and O–H groups in total. The molecule has 0 fully saturated rings. The minimum absolute atomic E-state index is 0.980. The van der Waals surface area contributed by atoms with E-state index in [1.807, 2.05) is 13.0 Å². The zero-order chi connectivity index (χ0) is 9.42. The molecular weight excluding hydrogens is 316 g/mol. The van der Waals surface area contributed by atoms with E-state index in [1.165, 1.54) is 0 Å². The van der Waals surface area contributed by atoms with Crippen LogP contribution in [-0.4, -0.2) is 10.2 Å². The lowest BCUT2D eigenvalue weighted by Crippen LogP contribution is -1.71. The molecule has 0 spiro atoms. The van der Waals surface area contributed by atoms with E-state index >= 15 is 0 Å². The van der Waals surface area contributed by atoms with Crippen LogP contribution in [0.2, 0.25) is 0 Å². The van der Waals surface area contributed by atoms with Gasteiger partial charge in [0.15, 0.2) is 0 Å². The van der Waals surface area contributed by atoms with E-state index in [-0.39, 0.29) is 0 Å². The number of H-pyrrole nitrogens is 1. The topological polar surface area (TPSA) is 28.7 Å². The maximum Gasteiger partial charge on any atom is 0.117 e. The van der Waals surface area contributed by atoms with E-state index in [4.69, 9.17) is 0 Å².